The van der Waals surface area contributed by atoms with Gasteiger partial charge in [0.05, 0.1) is 12.5 Å². The molecule has 1 aromatic carbocycles. The molecule has 4 heteroatoms. The monoisotopic (exact) mass is 275 g/mol. The van der Waals surface area contributed by atoms with Gasteiger partial charge in [0.1, 0.15) is 0 Å². The van der Waals surface area contributed by atoms with Crippen LogP contribution < -0.4 is 4.90 Å². The second-order valence-corrected chi connectivity index (χ2v) is 4.39. The van der Waals surface area contributed by atoms with Crippen LogP contribution in [0.25, 0.3) is 0 Å². The van der Waals surface area contributed by atoms with Crippen molar-refractivity contribution in [3.8, 4) is 0 Å². The maximum atomic E-state index is 12.0. The average molecular weight is 275 g/mol. The van der Waals surface area contributed by atoms with Crippen molar-refractivity contribution < 1.29 is 14.3 Å². The highest BCUT2D eigenvalue weighted by atomic mass is 16.5. The highest BCUT2D eigenvalue weighted by molar-refractivity contribution is 5.96. The topological polar surface area (TPSA) is 46.6 Å². The highest BCUT2D eigenvalue weighted by Gasteiger charge is 2.27. The van der Waals surface area contributed by atoms with E-state index in [9.17, 15) is 9.59 Å². The van der Waals surface area contributed by atoms with Gasteiger partial charge in [-0.3, -0.25) is 14.5 Å². The normalized spacial score (nSPS) is 11.6. The molecule has 20 heavy (non-hydrogen) atoms. The first-order valence-corrected chi connectivity index (χ1v) is 6.74. The molecule has 0 bridgehead atoms. The number of rotatable bonds is 6. The zero-order valence-corrected chi connectivity index (χ0v) is 12.3. The van der Waals surface area contributed by atoms with Gasteiger partial charge >= 0.3 is 5.97 Å². The van der Waals surface area contributed by atoms with Gasteiger partial charge in [0.25, 0.3) is 0 Å². The fraction of sp³-hybridized carbons (Fsp3) is 0.375. The number of nitrogens with zero attached hydrogens (tertiary/aromatic N) is 1. The number of ether oxygens (including phenoxy) is 1. The summed E-state index contributed by atoms with van der Waals surface area (Å²) in [5.74, 6) is -1.04. The molecule has 0 N–H and O–H groups in total. The summed E-state index contributed by atoms with van der Waals surface area (Å²) in [5.41, 5.74) is 1.15. The van der Waals surface area contributed by atoms with E-state index in [0.717, 1.165) is 0 Å². The third-order valence-corrected chi connectivity index (χ3v) is 3.00. The number of hydrogen-bond donors (Lipinski definition) is 0. The van der Waals surface area contributed by atoms with E-state index >= 15 is 0 Å². The molecule has 4 nitrogen and oxygen atoms in total. The molecule has 0 heterocycles. The summed E-state index contributed by atoms with van der Waals surface area (Å²) in [6.45, 7) is 9.33. The van der Waals surface area contributed by atoms with Crippen LogP contribution in [0.3, 0.4) is 0 Å². The quantitative estimate of drug-likeness (QED) is 0.749. The highest BCUT2D eigenvalue weighted by Crippen LogP contribution is 2.25. The van der Waals surface area contributed by atoms with E-state index in [1.165, 1.54) is 11.8 Å². The zero-order valence-electron chi connectivity index (χ0n) is 12.3. The van der Waals surface area contributed by atoms with E-state index in [1.807, 2.05) is 37.3 Å². The van der Waals surface area contributed by atoms with Crippen LogP contribution in [0.4, 0.5) is 5.69 Å². The van der Waals surface area contributed by atoms with Crippen LogP contribution in [0.1, 0.15) is 27.2 Å². The Morgan fingerprint density at radius 3 is 2.30 bits per heavy atom. The first-order valence-electron chi connectivity index (χ1n) is 6.74. The standard InChI is InChI=1S/C16H21NO3/c1-5-15(16(19)20-6-2)12(3)17(13(4)18)14-10-8-7-9-11-14/h7-11,15H,3,5-6H2,1-2,4H3. The molecular formula is C16H21NO3. The minimum atomic E-state index is -0.515. The summed E-state index contributed by atoms with van der Waals surface area (Å²) in [6.07, 6.45) is 0.536. The Labute approximate surface area is 120 Å². The summed E-state index contributed by atoms with van der Waals surface area (Å²) in [6, 6.07) is 9.16. The van der Waals surface area contributed by atoms with Crippen LogP contribution in [0.2, 0.25) is 0 Å². The Kier molecular flexibility index (Phi) is 5.97. The van der Waals surface area contributed by atoms with Gasteiger partial charge in [-0.05, 0) is 25.5 Å². The van der Waals surface area contributed by atoms with Crippen molar-refractivity contribution in [1.82, 2.24) is 0 Å². The SMILES string of the molecule is C=C(C(CC)C(=O)OCC)N(C(C)=O)c1ccccc1. The second-order valence-electron chi connectivity index (χ2n) is 4.39. The van der Waals surface area contributed by atoms with Crippen molar-refractivity contribution in [2.24, 2.45) is 5.92 Å². The Morgan fingerprint density at radius 2 is 1.85 bits per heavy atom. The molecule has 0 aliphatic heterocycles. The Balaban J connectivity index is 3.05. The lowest BCUT2D eigenvalue weighted by Gasteiger charge is -2.27. The molecular weight excluding hydrogens is 254 g/mol. The molecule has 1 atom stereocenters. The predicted octanol–water partition coefficient (Wildman–Crippen LogP) is 3.14. The zero-order chi connectivity index (χ0) is 15.1. The first-order chi connectivity index (χ1) is 9.52. The van der Waals surface area contributed by atoms with Gasteiger partial charge in [0.2, 0.25) is 5.91 Å². The second kappa shape index (κ2) is 7.48. The lowest BCUT2D eigenvalue weighted by atomic mass is 10.0. The van der Waals surface area contributed by atoms with Gasteiger partial charge < -0.3 is 4.74 Å². The largest absolute Gasteiger partial charge is 0.465 e. The fourth-order valence-corrected chi connectivity index (χ4v) is 2.06. The molecule has 108 valence electrons. The molecule has 0 aliphatic rings. The van der Waals surface area contributed by atoms with Crippen LogP contribution in [-0.4, -0.2) is 18.5 Å². The lowest BCUT2D eigenvalue weighted by molar-refractivity contribution is -0.146. The van der Waals surface area contributed by atoms with Crippen LogP contribution in [-0.2, 0) is 14.3 Å². The van der Waals surface area contributed by atoms with E-state index in [4.69, 9.17) is 4.74 Å². The first kappa shape index (κ1) is 16.0. The van der Waals surface area contributed by atoms with Crippen LogP contribution >= 0.6 is 0 Å². The number of benzene rings is 1. The van der Waals surface area contributed by atoms with E-state index in [2.05, 4.69) is 6.58 Å². The summed E-state index contributed by atoms with van der Waals surface area (Å²) < 4.78 is 5.04. The minimum Gasteiger partial charge on any atom is -0.465 e. The number of esters is 1. The summed E-state index contributed by atoms with van der Waals surface area (Å²) in [7, 11) is 0. The number of para-hydroxylation sites is 1. The summed E-state index contributed by atoms with van der Waals surface area (Å²) in [4.78, 5) is 25.3. The van der Waals surface area contributed by atoms with Crippen LogP contribution in [0, 0.1) is 5.92 Å². The summed E-state index contributed by atoms with van der Waals surface area (Å²) in [5, 5.41) is 0. The van der Waals surface area contributed by atoms with Crippen molar-refractivity contribution >= 4 is 17.6 Å². The minimum absolute atomic E-state index is 0.177. The van der Waals surface area contributed by atoms with E-state index in [1.54, 1.807) is 6.92 Å². The van der Waals surface area contributed by atoms with E-state index in [-0.39, 0.29) is 11.9 Å². The molecule has 0 aliphatic carbocycles. The molecule has 0 radical (unpaired) electrons. The number of carbonyl (C=O) groups is 2. The Hall–Kier alpha value is -2.10. The summed E-state index contributed by atoms with van der Waals surface area (Å²) >= 11 is 0. The smallest absolute Gasteiger partial charge is 0.314 e. The van der Waals surface area contributed by atoms with Crippen LogP contribution in [0.5, 0.6) is 0 Å². The molecule has 1 unspecified atom stereocenters. The van der Waals surface area contributed by atoms with Gasteiger partial charge in [0.15, 0.2) is 0 Å². The predicted molar refractivity (Wildman–Crippen MR) is 79.2 cm³/mol. The number of anilines is 1. The third kappa shape index (κ3) is 3.70. The van der Waals surface area contributed by atoms with Crippen molar-refractivity contribution in [3.05, 3.63) is 42.6 Å². The fourth-order valence-electron chi connectivity index (χ4n) is 2.06. The van der Waals surface area contributed by atoms with Gasteiger partial charge in [0, 0.05) is 18.3 Å². The maximum Gasteiger partial charge on any atom is 0.314 e. The molecule has 1 rings (SSSR count). The Bertz CT molecular complexity index is 482. The van der Waals surface area contributed by atoms with Crippen LogP contribution in [0.15, 0.2) is 42.6 Å². The maximum absolute atomic E-state index is 12.0. The van der Waals surface area contributed by atoms with Crippen molar-refractivity contribution in [2.45, 2.75) is 27.2 Å². The lowest BCUT2D eigenvalue weighted by Crippen LogP contribution is -2.34. The van der Waals surface area contributed by atoms with E-state index in [0.29, 0.717) is 24.4 Å². The van der Waals surface area contributed by atoms with Crippen molar-refractivity contribution in [1.29, 1.82) is 0 Å². The molecule has 0 fully saturated rings. The molecule has 1 amide bonds. The van der Waals surface area contributed by atoms with Crippen molar-refractivity contribution in [3.63, 3.8) is 0 Å². The molecule has 0 saturated heterocycles. The molecule has 0 aromatic heterocycles. The number of carbonyl (C=O) groups excluding carboxylic acids is 2. The van der Waals surface area contributed by atoms with Crippen molar-refractivity contribution in [2.75, 3.05) is 11.5 Å². The van der Waals surface area contributed by atoms with Gasteiger partial charge in [-0.15, -0.1) is 0 Å². The Morgan fingerprint density at radius 1 is 1.25 bits per heavy atom. The number of amides is 1. The number of hydrogen-bond acceptors (Lipinski definition) is 3. The van der Waals surface area contributed by atoms with Gasteiger partial charge in [-0.1, -0.05) is 31.7 Å². The average Bonchev–Trinajstić information content (AvgIpc) is 2.40. The third-order valence-electron chi connectivity index (χ3n) is 3.00. The molecule has 1 aromatic rings. The van der Waals surface area contributed by atoms with Gasteiger partial charge in [-0.25, -0.2) is 0 Å². The van der Waals surface area contributed by atoms with Gasteiger partial charge in [-0.2, -0.15) is 0 Å². The molecule has 0 spiro atoms. The molecule has 0 saturated carbocycles. The van der Waals surface area contributed by atoms with E-state index < -0.39 is 5.92 Å².